The highest BCUT2D eigenvalue weighted by Crippen LogP contribution is 2.30. The molecule has 402 valence electrons. The molecule has 6 aromatic carbocycles. The zero-order chi connectivity index (χ0) is 56.5. The lowest BCUT2D eigenvalue weighted by molar-refractivity contribution is -0.115. The van der Waals surface area contributed by atoms with E-state index in [9.17, 15) is 32.3 Å². The number of carbonyl (C=O) groups is 4. The number of carbonyl (C=O) groups excluding carboxylic acids is 4. The highest BCUT2D eigenvalue weighted by molar-refractivity contribution is 6.08. The van der Waals surface area contributed by atoms with Gasteiger partial charge in [0.1, 0.15) is 53.2 Å². The minimum Gasteiger partial charge on any atom is -0.451 e. The standard InChI is InChI=1S/3C17H12FN5O2.C3H7NO/c3*1-10-14-8-11(18)2-7-15(14)25-16(10)17(24)20-12-3-5-13(6-4-12)23-9-19-21-22-23;1-4(2)3-5/h3*2-9H,1H3,(H,20,24);3H,1-2H3. The first kappa shape index (κ1) is 53.6. The summed E-state index contributed by atoms with van der Waals surface area (Å²) in [7, 11) is 3.38. The first-order chi connectivity index (χ1) is 38.6. The van der Waals surface area contributed by atoms with Crippen LogP contribution in [0.1, 0.15) is 48.4 Å². The van der Waals surface area contributed by atoms with E-state index in [1.165, 1.54) is 92.5 Å². The number of nitrogens with one attached hydrogen (secondary N) is 3. The maximum absolute atomic E-state index is 13.4. The van der Waals surface area contributed by atoms with E-state index in [4.69, 9.17) is 13.3 Å². The van der Waals surface area contributed by atoms with Crippen molar-refractivity contribution in [2.75, 3.05) is 30.0 Å². The Labute approximate surface area is 449 Å². The third-order valence-electron chi connectivity index (χ3n) is 11.7. The number of hydrogen-bond acceptors (Lipinski definition) is 16. The molecule has 0 spiro atoms. The quantitative estimate of drug-likeness (QED) is 0.108. The fourth-order valence-electron chi connectivity index (χ4n) is 7.72. The normalized spacial score (nSPS) is 10.7. The van der Waals surface area contributed by atoms with Gasteiger partial charge in [0.2, 0.25) is 6.41 Å². The van der Waals surface area contributed by atoms with Crippen molar-refractivity contribution in [3.8, 4) is 17.1 Å². The van der Waals surface area contributed by atoms with Gasteiger partial charge < -0.3 is 34.1 Å². The third kappa shape index (κ3) is 12.4. The van der Waals surface area contributed by atoms with Crippen LogP contribution in [0.4, 0.5) is 30.2 Å². The Morgan fingerprint density at radius 2 is 0.713 bits per heavy atom. The van der Waals surface area contributed by atoms with Crippen LogP contribution in [-0.2, 0) is 4.79 Å². The van der Waals surface area contributed by atoms with E-state index < -0.39 is 17.7 Å². The number of fused-ring (bicyclic) bond motifs is 3. The number of aromatic nitrogens is 12. The van der Waals surface area contributed by atoms with Crippen molar-refractivity contribution >= 4 is 74.1 Å². The minimum atomic E-state index is -0.399. The lowest BCUT2D eigenvalue weighted by atomic mass is 10.1. The third-order valence-corrected chi connectivity index (χ3v) is 11.7. The van der Waals surface area contributed by atoms with Gasteiger partial charge in [0.25, 0.3) is 17.7 Å². The molecule has 0 fully saturated rings. The number of halogens is 3. The molecule has 0 aliphatic carbocycles. The Bertz CT molecular complexity index is 3690. The molecule has 0 atom stereocenters. The van der Waals surface area contributed by atoms with Crippen molar-refractivity contribution in [2.45, 2.75) is 20.8 Å². The topological polar surface area (TPSA) is 278 Å². The van der Waals surface area contributed by atoms with E-state index in [1.807, 2.05) is 0 Å². The summed E-state index contributed by atoms with van der Waals surface area (Å²) in [6.07, 6.45) is 5.18. The van der Waals surface area contributed by atoms with Crippen molar-refractivity contribution in [1.82, 2.24) is 65.5 Å². The highest BCUT2D eigenvalue weighted by Gasteiger charge is 2.21. The average molecular weight is 1090 g/mol. The number of benzene rings is 6. The van der Waals surface area contributed by atoms with Crippen molar-refractivity contribution in [3.05, 3.63) is 198 Å². The minimum absolute atomic E-state index is 0.158. The SMILES string of the molecule is CN(C)C=O.Cc1c(C(=O)Nc2ccc(-n3cnnn3)cc2)oc2ccc(F)cc12.Cc1c(C(=O)Nc2ccc(-n3cnnn3)cc2)oc2ccc(F)cc12.Cc1c(C(=O)Nc2ccc(-n3cnnn3)cc2)oc2ccc(F)cc12. The molecule has 12 rings (SSSR count). The van der Waals surface area contributed by atoms with Gasteiger partial charge in [-0.2, -0.15) is 0 Å². The first-order valence-corrected chi connectivity index (χ1v) is 23.7. The number of rotatable bonds is 10. The second kappa shape index (κ2) is 23.8. The summed E-state index contributed by atoms with van der Waals surface area (Å²) in [6.45, 7) is 5.17. The molecule has 23 nitrogen and oxygen atoms in total. The van der Waals surface area contributed by atoms with E-state index >= 15 is 0 Å². The molecule has 0 aliphatic rings. The Morgan fingerprint density at radius 1 is 0.450 bits per heavy atom. The van der Waals surface area contributed by atoms with E-state index in [0.29, 0.717) is 66.7 Å². The van der Waals surface area contributed by atoms with E-state index in [2.05, 4.69) is 62.5 Å². The van der Waals surface area contributed by atoms with E-state index in [-0.39, 0.29) is 34.7 Å². The van der Waals surface area contributed by atoms with Gasteiger partial charge in [0, 0.05) is 64.0 Å². The summed E-state index contributed by atoms with van der Waals surface area (Å²) >= 11 is 0. The van der Waals surface area contributed by atoms with Crippen LogP contribution < -0.4 is 16.0 Å². The lowest BCUT2D eigenvalue weighted by Crippen LogP contribution is -2.12. The first-order valence-electron chi connectivity index (χ1n) is 23.7. The summed E-state index contributed by atoms with van der Waals surface area (Å²) in [5.41, 5.74) is 7.25. The molecule has 0 unspecified atom stereocenters. The maximum atomic E-state index is 13.4. The van der Waals surface area contributed by atoms with Crippen molar-refractivity contribution in [3.63, 3.8) is 0 Å². The van der Waals surface area contributed by atoms with Gasteiger partial charge in [-0.1, -0.05) is 0 Å². The molecular formula is C54H43F3N16O7. The van der Waals surface area contributed by atoms with Crippen LogP contribution >= 0.6 is 0 Å². The Hall–Kier alpha value is -11.2. The van der Waals surface area contributed by atoms with Gasteiger partial charge in [-0.15, -0.1) is 15.3 Å². The monoisotopic (exact) mass is 1080 g/mol. The molecule has 4 amide bonds. The molecule has 6 heterocycles. The highest BCUT2D eigenvalue weighted by atomic mass is 19.1. The summed E-state index contributed by atoms with van der Waals surface area (Å²) < 4.78 is 61.3. The van der Waals surface area contributed by atoms with Crippen molar-refractivity contribution in [1.29, 1.82) is 0 Å². The van der Waals surface area contributed by atoms with Crippen LogP contribution in [0.2, 0.25) is 0 Å². The second-order valence-corrected chi connectivity index (χ2v) is 17.4. The zero-order valence-corrected chi connectivity index (χ0v) is 42.7. The number of amides is 4. The molecule has 12 aromatic rings. The molecular weight excluding hydrogens is 1040 g/mol. The maximum Gasteiger partial charge on any atom is 0.291 e. The van der Waals surface area contributed by atoms with Gasteiger partial charge >= 0.3 is 0 Å². The second-order valence-electron chi connectivity index (χ2n) is 17.4. The molecule has 0 bridgehead atoms. The average Bonchev–Trinajstić information content (AvgIpc) is 4.35. The Kier molecular flexibility index (Phi) is 16.0. The molecule has 0 saturated carbocycles. The summed E-state index contributed by atoms with van der Waals surface area (Å²) in [5, 5.41) is 42.8. The van der Waals surface area contributed by atoms with Gasteiger partial charge in [0.15, 0.2) is 17.3 Å². The molecule has 0 saturated heterocycles. The zero-order valence-electron chi connectivity index (χ0n) is 42.7. The Balaban J connectivity index is 0.000000139. The number of tetrazole rings is 3. The fraction of sp³-hybridized carbons (Fsp3) is 0.0926. The van der Waals surface area contributed by atoms with Crippen molar-refractivity contribution < 1.29 is 45.6 Å². The molecule has 3 N–H and O–H groups in total. The number of aryl methyl sites for hydroxylation is 3. The number of furan rings is 3. The molecule has 0 aliphatic heterocycles. The summed E-state index contributed by atoms with van der Waals surface area (Å²) in [4.78, 5) is 48.3. The van der Waals surface area contributed by atoms with Gasteiger partial charge in [0.05, 0.1) is 17.1 Å². The number of nitrogens with zero attached hydrogens (tertiary/aromatic N) is 13. The summed E-state index contributed by atoms with van der Waals surface area (Å²) in [6, 6.07) is 33.5. The predicted octanol–water partition coefficient (Wildman–Crippen LogP) is 9.03. The molecule has 80 heavy (non-hydrogen) atoms. The number of hydrogen-bond donors (Lipinski definition) is 3. The smallest absolute Gasteiger partial charge is 0.291 e. The lowest BCUT2D eigenvalue weighted by Gasteiger charge is -2.05. The van der Waals surface area contributed by atoms with E-state index in [1.54, 1.807) is 108 Å². The Morgan fingerprint density at radius 3 is 0.938 bits per heavy atom. The van der Waals surface area contributed by atoms with Crippen molar-refractivity contribution in [2.24, 2.45) is 0 Å². The molecule has 0 radical (unpaired) electrons. The van der Waals surface area contributed by atoms with Crippen LogP contribution in [0.3, 0.4) is 0 Å². The number of anilines is 3. The fourth-order valence-corrected chi connectivity index (χ4v) is 7.72. The van der Waals surface area contributed by atoms with E-state index in [0.717, 1.165) is 23.5 Å². The van der Waals surface area contributed by atoms with Gasteiger partial charge in [-0.3, -0.25) is 19.2 Å². The molecule has 6 aromatic heterocycles. The van der Waals surface area contributed by atoms with Crippen LogP contribution in [0.15, 0.2) is 160 Å². The summed E-state index contributed by atoms with van der Waals surface area (Å²) in [5.74, 6) is -1.84. The molecule has 26 heteroatoms. The van der Waals surface area contributed by atoms with Crippen LogP contribution in [-0.4, -0.2) is 104 Å². The van der Waals surface area contributed by atoms with Gasteiger partial charge in [-0.05, 0) is 179 Å². The van der Waals surface area contributed by atoms with Crippen LogP contribution in [0, 0.1) is 38.2 Å². The van der Waals surface area contributed by atoms with Crippen LogP contribution in [0.5, 0.6) is 0 Å². The predicted molar refractivity (Wildman–Crippen MR) is 284 cm³/mol. The van der Waals surface area contributed by atoms with Crippen LogP contribution in [0.25, 0.3) is 50.0 Å². The largest absolute Gasteiger partial charge is 0.451 e. The van der Waals surface area contributed by atoms with Gasteiger partial charge in [-0.25, -0.2) is 27.2 Å².